The Kier molecular flexibility index (Phi) is 3.00. The lowest BCUT2D eigenvalue weighted by atomic mass is 10.1. The third-order valence-corrected chi connectivity index (χ3v) is 3.95. The highest BCUT2D eigenvalue weighted by atomic mass is 32.2. The Morgan fingerprint density at radius 1 is 1.39 bits per heavy atom. The SMILES string of the molecule is CC1(O)CCN(c2cc(N)cc(S(N)(=O)=O)c2)C1. The molecule has 2 rings (SSSR count). The summed E-state index contributed by atoms with van der Waals surface area (Å²) in [6, 6.07) is 4.48. The van der Waals surface area contributed by atoms with Gasteiger partial charge in [-0.3, -0.25) is 0 Å². The van der Waals surface area contributed by atoms with Gasteiger partial charge in [-0.15, -0.1) is 0 Å². The van der Waals surface area contributed by atoms with Gasteiger partial charge in [0.2, 0.25) is 10.0 Å². The molecule has 1 aliphatic rings. The van der Waals surface area contributed by atoms with E-state index in [1.165, 1.54) is 12.1 Å². The molecular weight excluding hydrogens is 254 g/mol. The summed E-state index contributed by atoms with van der Waals surface area (Å²) in [5.41, 5.74) is 5.92. The third kappa shape index (κ3) is 2.74. The molecule has 18 heavy (non-hydrogen) atoms. The summed E-state index contributed by atoms with van der Waals surface area (Å²) < 4.78 is 22.7. The maximum Gasteiger partial charge on any atom is 0.238 e. The van der Waals surface area contributed by atoms with Crippen molar-refractivity contribution >= 4 is 21.4 Å². The van der Waals surface area contributed by atoms with Crippen LogP contribution in [-0.2, 0) is 10.0 Å². The monoisotopic (exact) mass is 271 g/mol. The van der Waals surface area contributed by atoms with Crippen LogP contribution in [0.4, 0.5) is 11.4 Å². The van der Waals surface area contributed by atoms with Gasteiger partial charge in [-0.2, -0.15) is 0 Å². The van der Waals surface area contributed by atoms with Crippen LogP contribution in [0.15, 0.2) is 23.1 Å². The number of nitrogens with zero attached hydrogens (tertiary/aromatic N) is 1. The molecule has 0 spiro atoms. The lowest BCUT2D eigenvalue weighted by Gasteiger charge is -2.21. The Hall–Kier alpha value is -1.31. The fraction of sp³-hybridized carbons (Fsp3) is 0.455. The van der Waals surface area contributed by atoms with E-state index in [-0.39, 0.29) is 4.90 Å². The fourth-order valence-electron chi connectivity index (χ4n) is 2.12. The van der Waals surface area contributed by atoms with Gasteiger partial charge in [-0.05, 0) is 31.5 Å². The first-order valence-electron chi connectivity index (χ1n) is 5.58. The molecule has 0 saturated carbocycles. The zero-order valence-corrected chi connectivity index (χ0v) is 10.9. The molecule has 0 aliphatic carbocycles. The van der Waals surface area contributed by atoms with Crippen molar-refractivity contribution in [3.63, 3.8) is 0 Å². The second-order valence-electron chi connectivity index (χ2n) is 4.97. The van der Waals surface area contributed by atoms with E-state index in [2.05, 4.69) is 0 Å². The van der Waals surface area contributed by atoms with E-state index in [4.69, 9.17) is 10.9 Å². The molecule has 1 fully saturated rings. The number of benzene rings is 1. The van der Waals surface area contributed by atoms with Gasteiger partial charge in [0.1, 0.15) is 0 Å². The van der Waals surface area contributed by atoms with Gasteiger partial charge >= 0.3 is 0 Å². The predicted octanol–water partition coefficient (Wildman–Crippen LogP) is -0.123. The fourth-order valence-corrected chi connectivity index (χ4v) is 2.70. The minimum Gasteiger partial charge on any atom is -0.399 e. The number of nitrogens with two attached hydrogens (primary N) is 2. The van der Waals surface area contributed by atoms with Crippen LogP contribution in [0, 0.1) is 0 Å². The molecule has 1 aromatic carbocycles. The molecule has 1 atom stereocenters. The molecule has 1 aromatic rings. The molecule has 0 amide bonds. The Bertz CT molecular complexity index is 569. The number of rotatable bonds is 2. The summed E-state index contributed by atoms with van der Waals surface area (Å²) in [5.74, 6) is 0. The van der Waals surface area contributed by atoms with Crippen molar-refractivity contribution in [1.82, 2.24) is 0 Å². The maximum absolute atomic E-state index is 11.3. The zero-order chi connectivity index (χ0) is 13.6. The normalized spacial score (nSPS) is 24.5. The molecule has 1 unspecified atom stereocenters. The van der Waals surface area contributed by atoms with Crippen LogP contribution in [0.3, 0.4) is 0 Å². The number of hydrogen-bond acceptors (Lipinski definition) is 5. The maximum atomic E-state index is 11.3. The molecule has 0 bridgehead atoms. The Balaban J connectivity index is 2.38. The molecule has 5 N–H and O–H groups in total. The Labute approximate surface area is 106 Å². The van der Waals surface area contributed by atoms with Crippen molar-refractivity contribution in [3.8, 4) is 0 Å². The minimum atomic E-state index is -3.78. The average Bonchev–Trinajstić information content (AvgIpc) is 2.56. The number of sulfonamides is 1. The summed E-state index contributed by atoms with van der Waals surface area (Å²) in [5, 5.41) is 15.0. The van der Waals surface area contributed by atoms with Gasteiger partial charge in [-0.25, -0.2) is 13.6 Å². The highest BCUT2D eigenvalue weighted by molar-refractivity contribution is 7.89. The largest absolute Gasteiger partial charge is 0.399 e. The lowest BCUT2D eigenvalue weighted by molar-refractivity contribution is 0.0839. The predicted molar refractivity (Wildman–Crippen MR) is 69.7 cm³/mol. The summed E-state index contributed by atoms with van der Waals surface area (Å²) in [6.07, 6.45) is 0.631. The van der Waals surface area contributed by atoms with Crippen molar-refractivity contribution in [3.05, 3.63) is 18.2 Å². The molecule has 6 nitrogen and oxygen atoms in total. The molecule has 1 heterocycles. The van der Waals surface area contributed by atoms with Gasteiger partial charge in [0.05, 0.1) is 10.5 Å². The van der Waals surface area contributed by atoms with Crippen LogP contribution in [0.2, 0.25) is 0 Å². The van der Waals surface area contributed by atoms with Crippen LogP contribution in [-0.4, -0.2) is 32.2 Å². The molecule has 1 aliphatic heterocycles. The summed E-state index contributed by atoms with van der Waals surface area (Å²) in [4.78, 5) is 1.88. The van der Waals surface area contributed by atoms with Gasteiger partial charge in [-0.1, -0.05) is 0 Å². The number of anilines is 2. The molecule has 0 radical (unpaired) electrons. The van der Waals surface area contributed by atoms with Gasteiger partial charge < -0.3 is 15.7 Å². The van der Waals surface area contributed by atoms with E-state index < -0.39 is 15.6 Å². The molecule has 7 heteroatoms. The number of nitrogen functional groups attached to an aromatic ring is 1. The molecule has 0 aromatic heterocycles. The lowest BCUT2D eigenvalue weighted by Crippen LogP contribution is -2.29. The molecule has 100 valence electrons. The van der Waals surface area contributed by atoms with E-state index >= 15 is 0 Å². The highest BCUT2D eigenvalue weighted by Gasteiger charge is 2.31. The summed E-state index contributed by atoms with van der Waals surface area (Å²) >= 11 is 0. The van der Waals surface area contributed by atoms with E-state index in [0.717, 1.165) is 0 Å². The summed E-state index contributed by atoms with van der Waals surface area (Å²) in [6.45, 7) is 2.85. The highest BCUT2D eigenvalue weighted by Crippen LogP contribution is 2.29. The zero-order valence-electron chi connectivity index (χ0n) is 10.1. The Morgan fingerprint density at radius 2 is 2.06 bits per heavy atom. The number of hydrogen-bond donors (Lipinski definition) is 3. The van der Waals surface area contributed by atoms with Crippen molar-refractivity contribution in [2.45, 2.75) is 23.8 Å². The minimum absolute atomic E-state index is 0.0101. The van der Waals surface area contributed by atoms with E-state index in [1.807, 2.05) is 4.90 Å². The van der Waals surface area contributed by atoms with Crippen LogP contribution in [0.1, 0.15) is 13.3 Å². The first-order chi connectivity index (χ1) is 8.17. The smallest absolute Gasteiger partial charge is 0.238 e. The first kappa shape index (κ1) is 13.1. The topological polar surface area (TPSA) is 110 Å². The number of primary sulfonamides is 1. The van der Waals surface area contributed by atoms with Gasteiger partial charge in [0.25, 0.3) is 0 Å². The second kappa shape index (κ2) is 4.11. The van der Waals surface area contributed by atoms with Gasteiger partial charge in [0.15, 0.2) is 0 Å². The van der Waals surface area contributed by atoms with Crippen LogP contribution in [0.5, 0.6) is 0 Å². The van der Waals surface area contributed by atoms with Crippen LogP contribution in [0.25, 0.3) is 0 Å². The van der Waals surface area contributed by atoms with Crippen molar-refractivity contribution in [2.75, 3.05) is 23.7 Å². The standard InChI is InChI=1S/C11H17N3O3S/c1-11(15)2-3-14(7-11)9-4-8(12)5-10(6-9)18(13,16)17/h4-6,15H,2-3,7,12H2,1H3,(H2,13,16,17). The Morgan fingerprint density at radius 3 is 2.56 bits per heavy atom. The van der Waals surface area contributed by atoms with E-state index in [0.29, 0.717) is 30.9 Å². The first-order valence-corrected chi connectivity index (χ1v) is 7.13. The van der Waals surface area contributed by atoms with Crippen molar-refractivity contribution < 1.29 is 13.5 Å². The quantitative estimate of drug-likeness (QED) is 0.649. The summed E-state index contributed by atoms with van der Waals surface area (Å²) in [7, 11) is -3.78. The van der Waals surface area contributed by atoms with Crippen molar-refractivity contribution in [1.29, 1.82) is 0 Å². The molecule has 1 saturated heterocycles. The third-order valence-electron chi connectivity index (χ3n) is 3.06. The molecular formula is C11H17N3O3S. The van der Waals surface area contributed by atoms with Gasteiger partial charge in [0, 0.05) is 24.5 Å². The van der Waals surface area contributed by atoms with E-state index in [1.54, 1.807) is 13.0 Å². The average molecular weight is 271 g/mol. The second-order valence-corrected chi connectivity index (χ2v) is 6.54. The van der Waals surface area contributed by atoms with Crippen LogP contribution >= 0.6 is 0 Å². The number of β-amino-alcohol motifs (C(OH)–C–C–N with tert-alkyl or cyclic N) is 1. The van der Waals surface area contributed by atoms with Crippen molar-refractivity contribution in [2.24, 2.45) is 5.14 Å². The van der Waals surface area contributed by atoms with E-state index in [9.17, 15) is 13.5 Å². The van der Waals surface area contributed by atoms with Crippen LogP contribution < -0.4 is 15.8 Å². The number of aliphatic hydroxyl groups is 1.